The summed E-state index contributed by atoms with van der Waals surface area (Å²) in [5.74, 6) is 0. The summed E-state index contributed by atoms with van der Waals surface area (Å²) in [6.07, 6.45) is 1.01. The first kappa shape index (κ1) is 12.9. The highest BCUT2D eigenvalue weighted by Gasteiger charge is 1.97. The van der Waals surface area contributed by atoms with Gasteiger partial charge in [-0.05, 0) is 36.7 Å². The molecule has 1 aromatic heterocycles. The molecule has 1 heterocycles. The molecule has 0 atom stereocenters. The Morgan fingerprint density at radius 1 is 1.06 bits per heavy atom. The van der Waals surface area contributed by atoms with Gasteiger partial charge in [-0.15, -0.1) is 11.3 Å². The van der Waals surface area contributed by atoms with Crippen LogP contribution in [0.1, 0.15) is 10.4 Å². The van der Waals surface area contributed by atoms with Crippen molar-refractivity contribution in [1.29, 1.82) is 0 Å². The van der Waals surface area contributed by atoms with E-state index in [1.165, 1.54) is 10.4 Å². The van der Waals surface area contributed by atoms with E-state index in [0.29, 0.717) is 0 Å². The second-order valence-corrected chi connectivity index (χ2v) is 5.65. The maximum atomic E-state index is 5.85. The highest BCUT2D eigenvalue weighted by molar-refractivity contribution is 7.10. The summed E-state index contributed by atoms with van der Waals surface area (Å²) >= 11 is 13.4. The maximum Gasteiger partial charge on any atom is 0.0516 e. The number of thiophene rings is 1. The lowest BCUT2D eigenvalue weighted by atomic mass is 10.1. The van der Waals surface area contributed by atoms with E-state index >= 15 is 0 Å². The zero-order valence-corrected chi connectivity index (χ0v) is 11.6. The molecule has 0 aliphatic heterocycles. The molecule has 4 heteroatoms. The van der Waals surface area contributed by atoms with Crippen molar-refractivity contribution in [3.05, 3.63) is 56.2 Å². The summed E-state index contributed by atoms with van der Waals surface area (Å²) in [4.78, 5) is 1.27. The average Bonchev–Trinajstić information content (AvgIpc) is 2.73. The van der Waals surface area contributed by atoms with Crippen molar-refractivity contribution < 1.29 is 0 Å². The van der Waals surface area contributed by atoms with Crippen molar-refractivity contribution in [2.24, 2.45) is 0 Å². The van der Waals surface area contributed by atoms with E-state index in [0.717, 1.165) is 29.6 Å². The fourth-order valence-corrected chi connectivity index (χ4v) is 2.71. The van der Waals surface area contributed by atoms with Gasteiger partial charge in [0.15, 0.2) is 0 Å². The predicted octanol–water partition coefficient (Wildman–Crippen LogP) is 4.39. The molecule has 0 bridgehead atoms. The summed E-state index contributed by atoms with van der Waals surface area (Å²) < 4.78 is 0. The van der Waals surface area contributed by atoms with E-state index in [4.69, 9.17) is 23.2 Å². The van der Waals surface area contributed by atoms with Gasteiger partial charge in [-0.1, -0.05) is 35.3 Å². The molecule has 0 aliphatic rings. The molecule has 1 aromatic carbocycles. The predicted molar refractivity (Wildman–Crippen MR) is 76.2 cm³/mol. The number of benzene rings is 1. The summed E-state index contributed by atoms with van der Waals surface area (Å²) in [6.45, 7) is 1.84. The Kier molecular flexibility index (Phi) is 4.86. The Hall–Kier alpha value is -0.540. The third-order valence-corrected chi connectivity index (χ3v) is 3.96. The minimum absolute atomic E-state index is 0.787. The number of halogens is 2. The molecule has 0 saturated heterocycles. The van der Waals surface area contributed by atoms with Crippen LogP contribution in [0.2, 0.25) is 10.0 Å². The zero-order valence-electron chi connectivity index (χ0n) is 9.25. The van der Waals surface area contributed by atoms with Crippen LogP contribution in [-0.4, -0.2) is 6.54 Å². The van der Waals surface area contributed by atoms with Crippen LogP contribution in [0.25, 0.3) is 0 Å². The van der Waals surface area contributed by atoms with Crippen LogP contribution in [0.4, 0.5) is 0 Å². The number of nitrogens with one attached hydrogen (secondary N) is 1. The number of hydrogen-bond acceptors (Lipinski definition) is 2. The van der Waals surface area contributed by atoms with Crippen LogP contribution in [0.5, 0.6) is 0 Å². The standard InChI is InChI=1S/C13H13Cl2NS/c14-11-3-1-10(2-4-11)5-6-16-8-13-7-12(15)9-17-13/h1-4,7,9,16H,5-6,8H2. The van der Waals surface area contributed by atoms with Gasteiger partial charge < -0.3 is 5.32 Å². The fraction of sp³-hybridized carbons (Fsp3) is 0.231. The molecule has 0 fully saturated rings. The van der Waals surface area contributed by atoms with Crippen molar-refractivity contribution in [1.82, 2.24) is 5.32 Å². The fourth-order valence-electron chi connectivity index (χ4n) is 1.54. The van der Waals surface area contributed by atoms with Gasteiger partial charge in [-0.3, -0.25) is 0 Å². The molecule has 0 radical (unpaired) electrons. The van der Waals surface area contributed by atoms with E-state index in [1.807, 2.05) is 23.6 Å². The van der Waals surface area contributed by atoms with Gasteiger partial charge in [0.25, 0.3) is 0 Å². The second kappa shape index (κ2) is 6.41. The molecule has 90 valence electrons. The zero-order chi connectivity index (χ0) is 12.1. The Balaban J connectivity index is 1.71. The molecule has 2 rings (SSSR count). The molecule has 0 amide bonds. The normalized spacial score (nSPS) is 10.7. The summed E-state index contributed by atoms with van der Waals surface area (Å²) in [5, 5.41) is 6.96. The number of rotatable bonds is 5. The third kappa shape index (κ3) is 4.32. The van der Waals surface area contributed by atoms with Crippen molar-refractivity contribution in [3.63, 3.8) is 0 Å². The average molecular weight is 286 g/mol. The first-order valence-corrected chi connectivity index (χ1v) is 7.05. The highest BCUT2D eigenvalue weighted by atomic mass is 35.5. The first-order valence-electron chi connectivity index (χ1n) is 5.42. The van der Waals surface area contributed by atoms with Crippen LogP contribution in [0, 0.1) is 0 Å². The van der Waals surface area contributed by atoms with Gasteiger partial charge in [0.2, 0.25) is 0 Å². The van der Waals surface area contributed by atoms with Crippen LogP contribution < -0.4 is 5.32 Å². The second-order valence-electron chi connectivity index (χ2n) is 3.78. The molecule has 1 nitrogen and oxygen atoms in total. The maximum absolute atomic E-state index is 5.85. The summed E-state index contributed by atoms with van der Waals surface area (Å²) in [7, 11) is 0. The van der Waals surface area contributed by atoms with E-state index in [2.05, 4.69) is 17.4 Å². The molecular weight excluding hydrogens is 273 g/mol. The molecule has 0 spiro atoms. The smallest absolute Gasteiger partial charge is 0.0516 e. The van der Waals surface area contributed by atoms with Crippen molar-refractivity contribution in [2.75, 3.05) is 6.54 Å². The van der Waals surface area contributed by atoms with E-state index in [9.17, 15) is 0 Å². The molecular formula is C13H13Cl2NS. The van der Waals surface area contributed by atoms with Crippen molar-refractivity contribution in [3.8, 4) is 0 Å². The van der Waals surface area contributed by atoms with Gasteiger partial charge in [0.05, 0.1) is 5.02 Å². The topological polar surface area (TPSA) is 12.0 Å². The van der Waals surface area contributed by atoms with E-state index < -0.39 is 0 Å². The minimum Gasteiger partial charge on any atom is -0.312 e. The van der Waals surface area contributed by atoms with Gasteiger partial charge in [0, 0.05) is 21.8 Å². The first-order chi connectivity index (χ1) is 8.24. The van der Waals surface area contributed by atoms with Gasteiger partial charge in [-0.25, -0.2) is 0 Å². The third-order valence-electron chi connectivity index (χ3n) is 2.42. The monoisotopic (exact) mass is 285 g/mol. The molecule has 0 unspecified atom stereocenters. The van der Waals surface area contributed by atoms with Crippen LogP contribution in [0.15, 0.2) is 35.7 Å². The lowest BCUT2D eigenvalue weighted by Gasteiger charge is -2.03. The van der Waals surface area contributed by atoms with Gasteiger partial charge in [-0.2, -0.15) is 0 Å². The molecule has 17 heavy (non-hydrogen) atoms. The van der Waals surface area contributed by atoms with Gasteiger partial charge in [0.1, 0.15) is 0 Å². The lowest BCUT2D eigenvalue weighted by molar-refractivity contribution is 0.693. The molecule has 2 aromatic rings. The Bertz CT molecular complexity index is 465. The largest absolute Gasteiger partial charge is 0.312 e. The quantitative estimate of drug-likeness (QED) is 0.804. The van der Waals surface area contributed by atoms with Gasteiger partial charge >= 0.3 is 0 Å². The molecule has 0 aliphatic carbocycles. The molecule has 0 saturated carbocycles. The number of hydrogen-bond donors (Lipinski definition) is 1. The Labute approximate surface area is 115 Å². The summed E-state index contributed by atoms with van der Waals surface area (Å²) in [5.41, 5.74) is 1.30. The van der Waals surface area contributed by atoms with E-state index in [-0.39, 0.29) is 0 Å². The highest BCUT2D eigenvalue weighted by Crippen LogP contribution is 2.18. The molecule has 1 N–H and O–H groups in total. The lowest BCUT2D eigenvalue weighted by Crippen LogP contribution is -2.15. The van der Waals surface area contributed by atoms with Crippen LogP contribution in [-0.2, 0) is 13.0 Å². The Morgan fingerprint density at radius 3 is 2.47 bits per heavy atom. The van der Waals surface area contributed by atoms with Crippen molar-refractivity contribution in [2.45, 2.75) is 13.0 Å². The Morgan fingerprint density at radius 2 is 1.82 bits per heavy atom. The van der Waals surface area contributed by atoms with Crippen molar-refractivity contribution >= 4 is 34.5 Å². The van der Waals surface area contributed by atoms with Crippen LogP contribution >= 0.6 is 34.5 Å². The summed E-state index contributed by atoms with van der Waals surface area (Å²) in [6, 6.07) is 9.98. The van der Waals surface area contributed by atoms with E-state index in [1.54, 1.807) is 11.3 Å². The SMILES string of the molecule is Clc1ccc(CCNCc2cc(Cl)cs2)cc1. The minimum atomic E-state index is 0.787. The van der Waals surface area contributed by atoms with Crippen LogP contribution in [0.3, 0.4) is 0 Å².